The van der Waals surface area contributed by atoms with Gasteiger partial charge in [-0.1, -0.05) is 22.8 Å². The molecule has 0 bridgehead atoms. The molecule has 1 aliphatic rings. The number of hydrogen-bond donors (Lipinski definition) is 1. The third-order valence-electron chi connectivity index (χ3n) is 3.97. The lowest BCUT2D eigenvalue weighted by atomic mass is 10.2. The Kier molecular flexibility index (Phi) is 5.59. The first-order valence-electron chi connectivity index (χ1n) is 8.19. The van der Waals surface area contributed by atoms with Crippen LogP contribution in [0.1, 0.15) is 12.6 Å². The van der Waals surface area contributed by atoms with Crippen LogP contribution >= 0.6 is 11.6 Å². The van der Waals surface area contributed by atoms with Crippen molar-refractivity contribution in [2.75, 3.05) is 37.6 Å². The fourth-order valence-corrected chi connectivity index (χ4v) is 2.93. The van der Waals surface area contributed by atoms with E-state index in [4.69, 9.17) is 16.1 Å². The monoisotopic (exact) mass is 347 g/mol. The van der Waals surface area contributed by atoms with Gasteiger partial charge < -0.3 is 19.6 Å². The molecule has 0 radical (unpaired) electrons. The van der Waals surface area contributed by atoms with Gasteiger partial charge in [-0.25, -0.2) is 4.99 Å². The van der Waals surface area contributed by atoms with Gasteiger partial charge >= 0.3 is 0 Å². The highest BCUT2D eigenvalue weighted by Gasteiger charge is 2.20. The Bertz CT molecular complexity index is 665. The number of hydrogen-bond acceptors (Lipinski definition) is 4. The van der Waals surface area contributed by atoms with Crippen LogP contribution in [0.5, 0.6) is 0 Å². The number of aromatic nitrogens is 1. The first kappa shape index (κ1) is 16.6. The molecule has 2 aromatic rings. The molecule has 0 atom stereocenters. The van der Waals surface area contributed by atoms with Crippen LogP contribution in [-0.2, 0) is 6.54 Å². The van der Waals surface area contributed by atoms with Gasteiger partial charge in [0, 0.05) is 49.5 Å². The lowest BCUT2D eigenvalue weighted by Gasteiger charge is -2.37. The summed E-state index contributed by atoms with van der Waals surface area (Å²) in [5.41, 5.74) is 2.01. The van der Waals surface area contributed by atoms with Crippen molar-refractivity contribution in [3.05, 3.63) is 47.3 Å². The van der Waals surface area contributed by atoms with Gasteiger partial charge in [-0.05, 0) is 25.1 Å². The molecule has 24 heavy (non-hydrogen) atoms. The maximum absolute atomic E-state index is 6.09. The molecular formula is C17H22ClN5O. The second kappa shape index (κ2) is 8.06. The van der Waals surface area contributed by atoms with Crippen molar-refractivity contribution in [3.8, 4) is 0 Å². The summed E-state index contributed by atoms with van der Waals surface area (Å²) in [4.78, 5) is 9.29. The van der Waals surface area contributed by atoms with E-state index in [1.54, 1.807) is 6.26 Å². The van der Waals surface area contributed by atoms with Crippen LogP contribution in [0.25, 0.3) is 0 Å². The van der Waals surface area contributed by atoms with E-state index in [0.717, 1.165) is 49.4 Å². The maximum Gasteiger partial charge on any atom is 0.194 e. The lowest BCUT2D eigenvalue weighted by molar-refractivity contribution is 0.372. The molecular weight excluding hydrogens is 326 g/mol. The van der Waals surface area contributed by atoms with Crippen molar-refractivity contribution < 1.29 is 4.52 Å². The SMILES string of the molecule is CCNC(=NCc1ccon1)N1CCN(c2cccc(Cl)c2)CC1. The number of guanidine groups is 1. The molecule has 1 fully saturated rings. The predicted molar refractivity (Wildman–Crippen MR) is 96.6 cm³/mol. The number of aliphatic imine (C=N–C) groups is 1. The number of nitrogens with zero attached hydrogens (tertiary/aromatic N) is 4. The standard InChI is InChI=1S/C17H22ClN5O/c1-2-19-17(20-13-15-6-11-24-21-15)23-9-7-22(8-10-23)16-5-3-4-14(18)12-16/h3-6,11-12H,2,7-10,13H2,1H3,(H,19,20). The van der Waals surface area contributed by atoms with Crippen LogP contribution in [0.15, 0.2) is 46.1 Å². The van der Waals surface area contributed by atoms with E-state index in [0.29, 0.717) is 6.54 Å². The van der Waals surface area contributed by atoms with E-state index < -0.39 is 0 Å². The summed E-state index contributed by atoms with van der Waals surface area (Å²) in [5.74, 6) is 0.922. The number of halogens is 1. The van der Waals surface area contributed by atoms with Gasteiger partial charge in [0.1, 0.15) is 12.0 Å². The Morgan fingerprint density at radius 2 is 2.12 bits per heavy atom. The molecule has 0 unspecified atom stereocenters. The summed E-state index contributed by atoms with van der Waals surface area (Å²) >= 11 is 6.09. The molecule has 6 nitrogen and oxygen atoms in total. The van der Waals surface area contributed by atoms with Crippen LogP contribution in [0, 0.1) is 0 Å². The summed E-state index contributed by atoms with van der Waals surface area (Å²) < 4.78 is 4.85. The molecule has 0 amide bonds. The van der Waals surface area contributed by atoms with Gasteiger partial charge in [0.25, 0.3) is 0 Å². The fourth-order valence-electron chi connectivity index (χ4n) is 2.75. The number of nitrogens with one attached hydrogen (secondary N) is 1. The minimum Gasteiger partial charge on any atom is -0.368 e. The van der Waals surface area contributed by atoms with Gasteiger partial charge in [-0.15, -0.1) is 0 Å². The molecule has 1 aromatic carbocycles. The van der Waals surface area contributed by atoms with Gasteiger partial charge in [-0.2, -0.15) is 0 Å². The topological polar surface area (TPSA) is 56.9 Å². The van der Waals surface area contributed by atoms with Crippen LogP contribution in [0.4, 0.5) is 5.69 Å². The summed E-state index contributed by atoms with van der Waals surface area (Å²) in [5, 5.41) is 8.04. The minimum absolute atomic E-state index is 0.521. The highest BCUT2D eigenvalue weighted by Crippen LogP contribution is 2.20. The Labute approximate surface area is 147 Å². The molecule has 128 valence electrons. The Morgan fingerprint density at radius 3 is 2.79 bits per heavy atom. The lowest BCUT2D eigenvalue weighted by Crippen LogP contribution is -2.52. The van der Waals surface area contributed by atoms with E-state index in [1.807, 2.05) is 24.3 Å². The summed E-state index contributed by atoms with van der Waals surface area (Å²) in [6, 6.07) is 9.85. The Hall–Kier alpha value is -2.21. The molecule has 3 rings (SSSR count). The van der Waals surface area contributed by atoms with Crippen molar-refractivity contribution in [2.45, 2.75) is 13.5 Å². The van der Waals surface area contributed by atoms with Crippen molar-refractivity contribution in [2.24, 2.45) is 4.99 Å². The number of rotatable bonds is 4. The first-order valence-corrected chi connectivity index (χ1v) is 8.57. The first-order chi connectivity index (χ1) is 11.8. The molecule has 1 aromatic heterocycles. The maximum atomic E-state index is 6.09. The van der Waals surface area contributed by atoms with Gasteiger partial charge in [0.05, 0.1) is 6.54 Å². The van der Waals surface area contributed by atoms with E-state index >= 15 is 0 Å². The third kappa shape index (κ3) is 4.20. The Morgan fingerprint density at radius 1 is 1.29 bits per heavy atom. The van der Waals surface area contributed by atoms with E-state index in [1.165, 1.54) is 5.69 Å². The van der Waals surface area contributed by atoms with Crippen molar-refractivity contribution in [1.29, 1.82) is 0 Å². The van der Waals surface area contributed by atoms with Crippen molar-refractivity contribution in [1.82, 2.24) is 15.4 Å². The second-order valence-corrected chi connectivity index (χ2v) is 6.05. The largest absolute Gasteiger partial charge is 0.368 e. The fraction of sp³-hybridized carbons (Fsp3) is 0.412. The molecule has 0 saturated carbocycles. The zero-order chi connectivity index (χ0) is 16.8. The van der Waals surface area contributed by atoms with Crippen molar-refractivity contribution >= 4 is 23.2 Å². The summed E-state index contributed by atoms with van der Waals surface area (Å²) in [6.07, 6.45) is 1.57. The van der Waals surface area contributed by atoms with Gasteiger partial charge in [0.2, 0.25) is 0 Å². The molecule has 1 N–H and O–H groups in total. The summed E-state index contributed by atoms with van der Waals surface area (Å²) in [7, 11) is 0. The molecule has 1 saturated heterocycles. The van der Waals surface area contributed by atoms with E-state index in [9.17, 15) is 0 Å². The average Bonchev–Trinajstić information content (AvgIpc) is 3.12. The van der Waals surface area contributed by atoms with Gasteiger partial charge in [-0.3, -0.25) is 0 Å². The van der Waals surface area contributed by atoms with E-state index in [2.05, 4.69) is 38.3 Å². The number of benzene rings is 1. The molecule has 0 spiro atoms. The number of anilines is 1. The highest BCUT2D eigenvalue weighted by molar-refractivity contribution is 6.30. The third-order valence-corrected chi connectivity index (χ3v) is 4.20. The van der Waals surface area contributed by atoms with Crippen LogP contribution < -0.4 is 10.2 Å². The Balaban J connectivity index is 1.61. The number of piperazine rings is 1. The normalized spacial score (nSPS) is 15.7. The molecule has 1 aliphatic heterocycles. The van der Waals surface area contributed by atoms with E-state index in [-0.39, 0.29) is 0 Å². The zero-order valence-corrected chi connectivity index (χ0v) is 14.5. The molecule has 7 heteroatoms. The average molecular weight is 348 g/mol. The smallest absolute Gasteiger partial charge is 0.194 e. The minimum atomic E-state index is 0.521. The molecule has 0 aliphatic carbocycles. The predicted octanol–water partition coefficient (Wildman–Crippen LogP) is 2.62. The quantitative estimate of drug-likeness (QED) is 0.680. The van der Waals surface area contributed by atoms with Crippen LogP contribution in [-0.4, -0.2) is 48.7 Å². The second-order valence-electron chi connectivity index (χ2n) is 5.61. The highest BCUT2D eigenvalue weighted by atomic mass is 35.5. The van der Waals surface area contributed by atoms with Crippen molar-refractivity contribution in [3.63, 3.8) is 0 Å². The zero-order valence-electron chi connectivity index (χ0n) is 13.8. The molecule has 2 heterocycles. The van der Waals surface area contributed by atoms with Crippen LogP contribution in [0.3, 0.4) is 0 Å². The summed E-state index contributed by atoms with van der Waals surface area (Å²) in [6.45, 7) is 7.14. The van der Waals surface area contributed by atoms with Gasteiger partial charge in [0.15, 0.2) is 5.96 Å². The van der Waals surface area contributed by atoms with Crippen LogP contribution in [0.2, 0.25) is 5.02 Å².